The lowest BCUT2D eigenvalue weighted by Crippen LogP contribution is -2.39. The maximum absolute atomic E-state index is 9.00. The Morgan fingerprint density at radius 3 is 1.35 bits per heavy atom. The minimum Gasteiger partial charge on any atom is -0.481 e. The van der Waals surface area contributed by atoms with Gasteiger partial charge in [0.05, 0.1) is 0 Å². The Bertz CT molecular complexity index is 293. The molecule has 0 aliphatic heterocycles. The van der Waals surface area contributed by atoms with E-state index < -0.39 is 5.97 Å². The van der Waals surface area contributed by atoms with Crippen LogP contribution in [-0.4, -0.2) is 16.6 Å². The monoisotopic (exact) mass is 371 g/mol. The molecule has 0 rings (SSSR count). The highest BCUT2D eigenvalue weighted by atomic mass is 16.4. The van der Waals surface area contributed by atoms with Crippen LogP contribution in [0.1, 0.15) is 131 Å². The first-order chi connectivity index (χ1) is 12.2. The molecule has 1 atom stereocenters. The number of carboxylic acid groups (broad SMARTS) is 1. The Morgan fingerprint density at radius 1 is 0.808 bits per heavy atom. The van der Waals surface area contributed by atoms with Gasteiger partial charge in [-0.05, 0) is 26.2 Å². The van der Waals surface area contributed by atoms with Gasteiger partial charge in [0.2, 0.25) is 0 Å². The Kier molecular flexibility index (Phi) is 20.4. The van der Waals surface area contributed by atoms with Crippen LogP contribution in [0.3, 0.4) is 0 Å². The van der Waals surface area contributed by atoms with E-state index in [1.165, 1.54) is 96.3 Å². The van der Waals surface area contributed by atoms with Gasteiger partial charge in [-0.3, -0.25) is 4.79 Å². The van der Waals surface area contributed by atoms with Gasteiger partial charge in [-0.25, -0.2) is 0 Å². The van der Waals surface area contributed by atoms with Crippen LogP contribution in [0, 0.1) is 5.92 Å². The van der Waals surface area contributed by atoms with Gasteiger partial charge in [0, 0.05) is 12.5 Å². The zero-order valence-electron chi connectivity index (χ0n) is 18.6. The summed E-state index contributed by atoms with van der Waals surface area (Å²) in [5.74, 6) is -0.190. The van der Waals surface area contributed by atoms with Crippen LogP contribution in [0.25, 0.3) is 0 Å². The SMILES string of the molecule is CC(=O)O.CCCCCCCCCCCCCCCCC(C)C(C)(C)N. The number of carbonyl (C=O) groups is 1. The minimum absolute atomic E-state index is 0.00343. The molecule has 0 radical (unpaired) electrons. The maximum Gasteiger partial charge on any atom is 0.300 e. The Hall–Kier alpha value is -0.570. The molecule has 3 heteroatoms. The van der Waals surface area contributed by atoms with Crippen molar-refractivity contribution in [1.29, 1.82) is 0 Å². The number of hydrogen-bond donors (Lipinski definition) is 2. The van der Waals surface area contributed by atoms with E-state index >= 15 is 0 Å². The number of nitrogens with two attached hydrogens (primary N) is 1. The predicted molar refractivity (Wildman–Crippen MR) is 116 cm³/mol. The van der Waals surface area contributed by atoms with Crippen LogP contribution in [0.15, 0.2) is 0 Å². The maximum atomic E-state index is 9.00. The average molecular weight is 372 g/mol. The van der Waals surface area contributed by atoms with Gasteiger partial charge in [-0.15, -0.1) is 0 Å². The van der Waals surface area contributed by atoms with Crippen LogP contribution in [0.5, 0.6) is 0 Å². The topological polar surface area (TPSA) is 63.3 Å². The summed E-state index contributed by atoms with van der Waals surface area (Å²) in [5, 5.41) is 7.42. The van der Waals surface area contributed by atoms with E-state index in [0.717, 1.165) is 6.92 Å². The van der Waals surface area contributed by atoms with Crippen molar-refractivity contribution in [3.8, 4) is 0 Å². The summed E-state index contributed by atoms with van der Waals surface area (Å²) in [4.78, 5) is 9.00. The van der Waals surface area contributed by atoms with E-state index in [-0.39, 0.29) is 5.54 Å². The molecule has 0 aliphatic rings. The van der Waals surface area contributed by atoms with Gasteiger partial charge in [-0.2, -0.15) is 0 Å². The van der Waals surface area contributed by atoms with Crippen molar-refractivity contribution < 1.29 is 9.90 Å². The average Bonchev–Trinajstić information content (AvgIpc) is 2.53. The minimum atomic E-state index is -0.833. The third kappa shape index (κ3) is 25.7. The lowest BCUT2D eigenvalue weighted by molar-refractivity contribution is -0.134. The Labute approximate surface area is 164 Å². The molecule has 0 heterocycles. The molecule has 0 saturated carbocycles. The van der Waals surface area contributed by atoms with Crippen molar-refractivity contribution in [3.63, 3.8) is 0 Å². The van der Waals surface area contributed by atoms with Crippen LogP contribution in [0.2, 0.25) is 0 Å². The Balaban J connectivity index is 0. The summed E-state index contributed by atoms with van der Waals surface area (Å²) in [6.07, 6.45) is 21.4. The standard InChI is InChI=1S/C21H45N.C2H4O2/c1-5-6-7-8-9-10-11-12-13-14-15-16-17-18-19-20(2)21(3,4)22;1-2(3)4/h20H,5-19,22H2,1-4H3;1H3,(H,3,4). The summed E-state index contributed by atoms with van der Waals surface area (Å²) in [7, 11) is 0. The molecule has 3 N–H and O–H groups in total. The smallest absolute Gasteiger partial charge is 0.300 e. The largest absolute Gasteiger partial charge is 0.481 e. The van der Waals surface area contributed by atoms with Crippen molar-refractivity contribution in [2.75, 3.05) is 0 Å². The molecule has 0 bridgehead atoms. The van der Waals surface area contributed by atoms with Gasteiger partial charge < -0.3 is 10.8 Å². The summed E-state index contributed by atoms with van der Waals surface area (Å²) < 4.78 is 0. The summed E-state index contributed by atoms with van der Waals surface area (Å²) in [6, 6.07) is 0. The second kappa shape index (κ2) is 19.2. The van der Waals surface area contributed by atoms with Gasteiger partial charge in [0.25, 0.3) is 5.97 Å². The molecule has 3 nitrogen and oxygen atoms in total. The second-order valence-electron chi connectivity index (χ2n) is 8.63. The van der Waals surface area contributed by atoms with E-state index in [2.05, 4.69) is 27.7 Å². The lowest BCUT2D eigenvalue weighted by atomic mass is 9.86. The summed E-state index contributed by atoms with van der Waals surface area (Å²) >= 11 is 0. The zero-order valence-corrected chi connectivity index (χ0v) is 18.6. The molecule has 158 valence electrons. The highest BCUT2D eigenvalue weighted by Crippen LogP contribution is 2.20. The van der Waals surface area contributed by atoms with Crippen LogP contribution in [0.4, 0.5) is 0 Å². The lowest BCUT2D eigenvalue weighted by Gasteiger charge is -2.27. The predicted octanol–water partition coefficient (Wildman–Crippen LogP) is 7.32. The fourth-order valence-corrected chi connectivity index (χ4v) is 3.02. The van der Waals surface area contributed by atoms with Gasteiger partial charge >= 0.3 is 0 Å². The molecule has 26 heavy (non-hydrogen) atoms. The number of aliphatic carboxylic acids is 1. The third-order valence-corrected chi connectivity index (χ3v) is 5.26. The van der Waals surface area contributed by atoms with Crippen molar-refractivity contribution in [1.82, 2.24) is 0 Å². The molecule has 0 fully saturated rings. The quantitative estimate of drug-likeness (QED) is 0.279. The van der Waals surface area contributed by atoms with Crippen molar-refractivity contribution in [2.45, 2.75) is 136 Å². The molecule has 0 aromatic heterocycles. The van der Waals surface area contributed by atoms with Crippen molar-refractivity contribution in [2.24, 2.45) is 11.7 Å². The highest BCUT2D eigenvalue weighted by molar-refractivity contribution is 5.62. The summed E-state index contributed by atoms with van der Waals surface area (Å²) in [6.45, 7) is 9.98. The molecule has 0 saturated heterocycles. The van der Waals surface area contributed by atoms with Gasteiger partial charge in [0.1, 0.15) is 0 Å². The molecule has 0 amide bonds. The van der Waals surface area contributed by atoms with Crippen LogP contribution in [-0.2, 0) is 4.79 Å². The highest BCUT2D eigenvalue weighted by Gasteiger charge is 2.19. The van der Waals surface area contributed by atoms with Crippen molar-refractivity contribution in [3.05, 3.63) is 0 Å². The second-order valence-corrected chi connectivity index (χ2v) is 8.63. The first kappa shape index (κ1) is 27.6. The number of unbranched alkanes of at least 4 members (excludes halogenated alkanes) is 13. The zero-order chi connectivity index (χ0) is 20.3. The first-order valence-electron chi connectivity index (χ1n) is 11.2. The third-order valence-electron chi connectivity index (χ3n) is 5.26. The first-order valence-corrected chi connectivity index (χ1v) is 11.2. The number of hydrogen-bond acceptors (Lipinski definition) is 2. The fourth-order valence-electron chi connectivity index (χ4n) is 3.02. The summed E-state index contributed by atoms with van der Waals surface area (Å²) in [5.41, 5.74) is 6.13. The van der Waals surface area contributed by atoms with Gasteiger partial charge in [-0.1, -0.05) is 104 Å². The van der Waals surface area contributed by atoms with Crippen LogP contribution >= 0.6 is 0 Å². The molecule has 0 aliphatic carbocycles. The fraction of sp³-hybridized carbons (Fsp3) is 0.957. The molecule has 0 aromatic carbocycles. The molecule has 0 aromatic rings. The molecule has 1 unspecified atom stereocenters. The Morgan fingerprint density at radius 2 is 1.08 bits per heavy atom. The van der Waals surface area contributed by atoms with E-state index in [1.807, 2.05) is 0 Å². The molecular formula is C23H49NO2. The van der Waals surface area contributed by atoms with E-state index in [1.54, 1.807) is 0 Å². The van der Waals surface area contributed by atoms with E-state index in [0.29, 0.717) is 5.92 Å². The molecular weight excluding hydrogens is 322 g/mol. The molecule has 0 spiro atoms. The number of carboxylic acids is 1. The van der Waals surface area contributed by atoms with Crippen LogP contribution < -0.4 is 5.73 Å². The van der Waals surface area contributed by atoms with Gasteiger partial charge in [0.15, 0.2) is 0 Å². The van der Waals surface area contributed by atoms with Crippen molar-refractivity contribution >= 4 is 5.97 Å². The number of rotatable bonds is 16. The van der Waals surface area contributed by atoms with E-state index in [9.17, 15) is 0 Å². The van der Waals surface area contributed by atoms with E-state index in [4.69, 9.17) is 15.6 Å². The normalized spacial score (nSPS) is 12.4.